The largest absolute Gasteiger partial charge is 0.490 e. The van der Waals surface area contributed by atoms with Gasteiger partial charge in [0.25, 0.3) is 0 Å². The van der Waals surface area contributed by atoms with Gasteiger partial charge in [0, 0.05) is 11.1 Å². The fourth-order valence-electron chi connectivity index (χ4n) is 1.95. The van der Waals surface area contributed by atoms with Crippen molar-refractivity contribution in [2.24, 2.45) is 0 Å². The van der Waals surface area contributed by atoms with Gasteiger partial charge in [0.2, 0.25) is 0 Å². The molecule has 0 unspecified atom stereocenters. The summed E-state index contributed by atoms with van der Waals surface area (Å²) in [4.78, 5) is 8.62. The van der Waals surface area contributed by atoms with E-state index >= 15 is 0 Å². The molecule has 0 saturated heterocycles. The van der Waals surface area contributed by atoms with Crippen LogP contribution in [0.5, 0.6) is 5.75 Å². The van der Waals surface area contributed by atoms with Crippen molar-refractivity contribution < 1.29 is 4.74 Å². The molecule has 1 saturated carbocycles. The van der Waals surface area contributed by atoms with Crippen LogP contribution in [0, 0.1) is 13.8 Å². The maximum atomic E-state index is 6.10. The summed E-state index contributed by atoms with van der Waals surface area (Å²) in [6.45, 7) is 3.78. The monoisotopic (exact) mass is 274 g/mol. The van der Waals surface area contributed by atoms with Crippen LogP contribution in [-0.2, 0) is 0 Å². The Morgan fingerprint density at radius 2 is 1.79 bits per heavy atom. The van der Waals surface area contributed by atoms with E-state index in [1.165, 1.54) is 12.8 Å². The van der Waals surface area contributed by atoms with Gasteiger partial charge in [0.15, 0.2) is 0 Å². The number of aromatic nitrogens is 2. The smallest absolute Gasteiger partial charge is 0.136 e. The molecule has 0 atom stereocenters. The summed E-state index contributed by atoms with van der Waals surface area (Å²) in [6.07, 6.45) is 2.76. The highest BCUT2D eigenvalue weighted by Crippen LogP contribution is 2.30. The van der Waals surface area contributed by atoms with Crippen molar-refractivity contribution in [1.29, 1.82) is 0 Å². The lowest BCUT2D eigenvalue weighted by atomic mass is 10.1. The predicted molar refractivity (Wildman–Crippen MR) is 75.6 cm³/mol. The molecule has 0 spiro atoms. The predicted octanol–water partition coefficient (Wildman–Crippen LogP) is 3.96. The summed E-state index contributed by atoms with van der Waals surface area (Å²) >= 11 is 6.10. The lowest BCUT2D eigenvalue weighted by Gasteiger charge is -2.09. The van der Waals surface area contributed by atoms with Gasteiger partial charge in [-0.1, -0.05) is 11.6 Å². The molecule has 98 valence electrons. The molecular formula is C15H15ClN2O. The fraction of sp³-hybridized carbons (Fsp3) is 0.333. The quantitative estimate of drug-likeness (QED) is 0.795. The van der Waals surface area contributed by atoms with Crippen molar-refractivity contribution in [3.8, 4) is 17.0 Å². The van der Waals surface area contributed by atoms with Crippen molar-refractivity contribution in [1.82, 2.24) is 9.97 Å². The van der Waals surface area contributed by atoms with Crippen LogP contribution in [-0.4, -0.2) is 16.1 Å². The minimum atomic E-state index is 0.420. The zero-order chi connectivity index (χ0) is 13.4. The van der Waals surface area contributed by atoms with Crippen LogP contribution >= 0.6 is 11.6 Å². The lowest BCUT2D eigenvalue weighted by Crippen LogP contribution is -1.98. The standard InChI is InChI=1S/C15H15ClN2O/c1-9-14(17-10(2)18-15(9)16)11-3-5-12(6-4-11)19-13-7-8-13/h3-6,13H,7-8H2,1-2H3. The molecular weight excluding hydrogens is 260 g/mol. The molecule has 2 aromatic rings. The molecule has 0 aliphatic heterocycles. The first-order chi connectivity index (χ1) is 9.13. The van der Waals surface area contributed by atoms with Crippen LogP contribution in [0.4, 0.5) is 0 Å². The summed E-state index contributed by atoms with van der Waals surface area (Å²) in [7, 11) is 0. The first kappa shape index (κ1) is 12.4. The molecule has 0 amide bonds. The summed E-state index contributed by atoms with van der Waals surface area (Å²) < 4.78 is 5.74. The number of aryl methyl sites for hydroxylation is 1. The molecule has 1 heterocycles. The Hall–Kier alpha value is -1.61. The SMILES string of the molecule is Cc1nc(Cl)c(C)c(-c2ccc(OC3CC3)cc2)n1. The van der Waals surface area contributed by atoms with E-state index < -0.39 is 0 Å². The van der Waals surface area contributed by atoms with Crippen molar-refractivity contribution >= 4 is 11.6 Å². The van der Waals surface area contributed by atoms with Crippen molar-refractivity contribution in [2.75, 3.05) is 0 Å². The highest BCUT2D eigenvalue weighted by Gasteiger charge is 2.23. The molecule has 3 nitrogen and oxygen atoms in total. The maximum Gasteiger partial charge on any atom is 0.136 e. The summed E-state index contributed by atoms with van der Waals surface area (Å²) in [5.41, 5.74) is 2.83. The van der Waals surface area contributed by atoms with Gasteiger partial charge in [-0.15, -0.1) is 0 Å². The molecule has 1 fully saturated rings. The number of nitrogens with zero attached hydrogens (tertiary/aromatic N) is 2. The number of ether oxygens (including phenoxy) is 1. The number of halogens is 1. The normalized spacial score (nSPS) is 14.5. The molecule has 0 radical (unpaired) electrons. The number of hydrogen-bond donors (Lipinski definition) is 0. The van der Waals surface area contributed by atoms with Crippen LogP contribution in [0.1, 0.15) is 24.2 Å². The molecule has 3 rings (SSSR count). The van der Waals surface area contributed by atoms with Crippen LogP contribution in [0.25, 0.3) is 11.3 Å². The van der Waals surface area contributed by atoms with Crippen LogP contribution < -0.4 is 4.74 Å². The first-order valence-corrected chi connectivity index (χ1v) is 6.79. The van der Waals surface area contributed by atoms with E-state index in [1.54, 1.807) is 0 Å². The highest BCUT2D eigenvalue weighted by atomic mass is 35.5. The van der Waals surface area contributed by atoms with E-state index in [-0.39, 0.29) is 0 Å². The third-order valence-corrected chi connectivity index (χ3v) is 3.52. The molecule has 1 aliphatic carbocycles. The van der Waals surface area contributed by atoms with Crippen molar-refractivity contribution in [2.45, 2.75) is 32.8 Å². The van der Waals surface area contributed by atoms with Gasteiger partial charge in [-0.2, -0.15) is 0 Å². The average Bonchev–Trinajstić information content (AvgIpc) is 3.19. The van der Waals surface area contributed by atoms with Crippen molar-refractivity contribution in [3.63, 3.8) is 0 Å². The minimum Gasteiger partial charge on any atom is -0.490 e. The Kier molecular flexibility index (Phi) is 3.15. The number of benzene rings is 1. The molecule has 0 N–H and O–H groups in total. The zero-order valence-electron chi connectivity index (χ0n) is 11.0. The van der Waals surface area contributed by atoms with E-state index in [0.29, 0.717) is 17.1 Å². The second-order valence-corrected chi connectivity index (χ2v) is 5.23. The van der Waals surface area contributed by atoms with Gasteiger partial charge in [-0.3, -0.25) is 0 Å². The molecule has 4 heteroatoms. The molecule has 1 aromatic carbocycles. The van der Waals surface area contributed by atoms with E-state index in [0.717, 1.165) is 22.6 Å². The van der Waals surface area contributed by atoms with Gasteiger partial charge in [-0.05, 0) is 51.0 Å². The Bertz CT molecular complexity index is 606. The fourth-order valence-corrected chi connectivity index (χ4v) is 2.16. The first-order valence-electron chi connectivity index (χ1n) is 6.41. The van der Waals surface area contributed by atoms with E-state index in [4.69, 9.17) is 16.3 Å². The molecule has 1 aromatic heterocycles. The van der Waals surface area contributed by atoms with Crippen LogP contribution in [0.2, 0.25) is 5.15 Å². The van der Waals surface area contributed by atoms with Gasteiger partial charge in [-0.25, -0.2) is 9.97 Å². The Balaban J connectivity index is 1.92. The Labute approximate surface area is 117 Å². The third kappa shape index (κ3) is 2.71. The second-order valence-electron chi connectivity index (χ2n) is 4.88. The summed E-state index contributed by atoms with van der Waals surface area (Å²) in [6, 6.07) is 8.00. The second kappa shape index (κ2) is 4.82. The molecule has 1 aliphatic rings. The van der Waals surface area contributed by atoms with Gasteiger partial charge < -0.3 is 4.74 Å². The summed E-state index contributed by atoms with van der Waals surface area (Å²) in [5.74, 6) is 1.60. The molecule has 19 heavy (non-hydrogen) atoms. The Morgan fingerprint density at radius 1 is 1.11 bits per heavy atom. The average molecular weight is 275 g/mol. The third-order valence-electron chi connectivity index (χ3n) is 3.15. The van der Waals surface area contributed by atoms with Gasteiger partial charge in [0.1, 0.15) is 16.7 Å². The minimum absolute atomic E-state index is 0.420. The Morgan fingerprint density at radius 3 is 2.42 bits per heavy atom. The van der Waals surface area contributed by atoms with Crippen molar-refractivity contribution in [3.05, 3.63) is 40.8 Å². The van der Waals surface area contributed by atoms with Gasteiger partial charge in [0.05, 0.1) is 11.8 Å². The highest BCUT2D eigenvalue weighted by molar-refractivity contribution is 6.30. The maximum absolute atomic E-state index is 6.10. The summed E-state index contributed by atoms with van der Waals surface area (Å²) in [5, 5.41) is 0.515. The van der Waals surface area contributed by atoms with E-state index in [9.17, 15) is 0 Å². The topological polar surface area (TPSA) is 35.0 Å². The van der Waals surface area contributed by atoms with Crippen LogP contribution in [0.15, 0.2) is 24.3 Å². The zero-order valence-corrected chi connectivity index (χ0v) is 11.7. The van der Waals surface area contributed by atoms with E-state index in [2.05, 4.69) is 9.97 Å². The number of hydrogen-bond acceptors (Lipinski definition) is 3. The molecule has 0 bridgehead atoms. The van der Waals surface area contributed by atoms with E-state index in [1.807, 2.05) is 38.1 Å². The number of rotatable bonds is 3. The van der Waals surface area contributed by atoms with Gasteiger partial charge >= 0.3 is 0 Å². The lowest BCUT2D eigenvalue weighted by molar-refractivity contribution is 0.303. The van der Waals surface area contributed by atoms with Crippen LogP contribution in [0.3, 0.4) is 0 Å².